The van der Waals surface area contributed by atoms with Gasteiger partial charge in [0.15, 0.2) is 0 Å². The first kappa shape index (κ1) is 4.48. The van der Waals surface area contributed by atoms with Gasteiger partial charge in [0.1, 0.15) is 0 Å². The van der Waals surface area contributed by atoms with E-state index >= 15 is 0 Å². The van der Waals surface area contributed by atoms with Gasteiger partial charge in [-0.05, 0) is 6.92 Å². The van der Waals surface area contributed by atoms with Crippen molar-refractivity contribution in [1.82, 2.24) is 10.2 Å². The fraction of sp³-hybridized carbons (Fsp3) is 0.500. The number of nitrogens with zero attached hydrogens (tertiary/aromatic N) is 2. The van der Waals surface area contributed by atoms with Crippen LogP contribution in [0.1, 0.15) is 27.6 Å². The van der Waals surface area contributed by atoms with E-state index in [2.05, 4.69) is 19.4 Å². The maximum Gasteiger partial charge on any atom is 0.396 e. The predicted molar refractivity (Wildman–Crippen MR) is 35.0 cm³/mol. The van der Waals surface area contributed by atoms with Gasteiger partial charge in [-0.15, -0.1) is 10.2 Å². The van der Waals surface area contributed by atoms with E-state index in [1.165, 1.54) is 0 Å². The molecule has 5 nitrogen and oxygen atoms in total. The summed E-state index contributed by atoms with van der Waals surface area (Å²) in [7, 11) is 0. The summed E-state index contributed by atoms with van der Waals surface area (Å²) in [6, 6.07) is 0. The van der Waals surface area contributed by atoms with Crippen LogP contribution in [0, 0.1) is 6.85 Å². The SMILES string of the molecule is [2H]C([2H])([2H])c1nnc(C(=O)OCC)o1. The molecule has 0 aromatic carbocycles. The van der Waals surface area contributed by atoms with Crippen molar-refractivity contribution in [3.05, 3.63) is 11.8 Å². The first-order valence-electron chi connectivity index (χ1n) is 4.46. The molecule has 0 saturated heterocycles. The van der Waals surface area contributed by atoms with Crippen molar-refractivity contribution in [2.24, 2.45) is 0 Å². The molecule has 0 aliphatic rings. The Morgan fingerprint density at radius 2 is 2.64 bits per heavy atom. The van der Waals surface area contributed by atoms with Crippen LogP contribution in [-0.2, 0) is 4.74 Å². The van der Waals surface area contributed by atoms with E-state index in [1.54, 1.807) is 6.92 Å². The second kappa shape index (κ2) is 3.14. The minimum absolute atomic E-state index is 0.157. The minimum atomic E-state index is -2.50. The number of carbonyl (C=O) groups is 1. The van der Waals surface area contributed by atoms with E-state index in [4.69, 9.17) is 4.11 Å². The highest BCUT2D eigenvalue weighted by atomic mass is 16.5. The van der Waals surface area contributed by atoms with Crippen LogP contribution >= 0.6 is 0 Å². The molecule has 0 atom stereocenters. The lowest BCUT2D eigenvalue weighted by Crippen LogP contribution is -2.04. The van der Waals surface area contributed by atoms with Gasteiger partial charge in [0.2, 0.25) is 5.89 Å². The standard InChI is InChI=1S/C6H8N2O3/c1-3-10-6(9)5-8-7-4(2)11-5/h3H2,1-2H3/i2D3. The molecule has 0 amide bonds. The molecule has 0 bridgehead atoms. The van der Waals surface area contributed by atoms with Crippen molar-refractivity contribution < 1.29 is 18.1 Å². The molecule has 11 heavy (non-hydrogen) atoms. The Morgan fingerprint density at radius 1 is 1.82 bits per heavy atom. The van der Waals surface area contributed by atoms with Gasteiger partial charge in [0.05, 0.1) is 6.61 Å². The number of ether oxygens (including phenoxy) is 1. The zero-order valence-corrected chi connectivity index (χ0v) is 5.83. The fourth-order valence-corrected chi connectivity index (χ4v) is 0.499. The number of hydrogen-bond donors (Lipinski definition) is 0. The molecule has 1 aromatic heterocycles. The van der Waals surface area contributed by atoms with E-state index in [1.807, 2.05) is 0 Å². The normalized spacial score (nSPS) is 14.8. The molecule has 1 aromatic rings. The lowest BCUT2D eigenvalue weighted by atomic mass is 10.7. The molecule has 0 N–H and O–H groups in total. The van der Waals surface area contributed by atoms with Gasteiger partial charge in [0, 0.05) is 11.0 Å². The highest BCUT2D eigenvalue weighted by Crippen LogP contribution is 1.99. The van der Waals surface area contributed by atoms with E-state index in [0.29, 0.717) is 0 Å². The predicted octanol–water partition coefficient (Wildman–Crippen LogP) is 0.555. The van der Waals surface area contributed by atoms with E-state index in [-0.39, 0.29) is 6.61 Å². The van der Waals surface area contributed by atoms with Crippen LogP contribution in [0.25, 0.3) is 0 Å². The van der Waals surface area contributed by atoms with E-state index in [0.717, 1.165) is 0 Å². The van der Waals surface area contributed by atoms with Crippen LogP contribution in [0.5, 0.6) is 0 Å². The number of hydrogen-bond acceptors (Lipinski definition) is 5. The monoisotopic (exact) mass is 159 g/mol. The van der Waals surface area contributed by atoms with Gasteiger partial charge in [-0.1, -0.05) is 0 Å². The Kier molecular flexibility index (Phi) is 1.28. The van der Waals surface area contributed by atoms with Crippen molar-refractivity contribution >= 4 is 5.97 Å². The molecule has 0 spiro atoms. The highest BCUT2D eigenvalue weighted by molar-refractivity contribution is 5.83. The average molecular weight is 159 g/mol. The molecule has 60 valence electrons. The van der Waals surface area contributed by atoms with Crippen molar-refractivity contribution in [3.63, 3.8) is 0 Å². The molecule has 1 rings (SSSR count). The van der Waals surface area contributed by atoms with Crippen LogP contribution in [0.4, 0.5) is 0 Å². The Balaban J connectivity index is 2.83. The molecular formula is C6H8N2O3. The number of esters is 1. The largest absolute Gasteiger partial charge is 0.459 e. The minimum Gasteiger partial charge on any atom is -0.459 e. The maximum absolute atomic E-state index is 11.0. The van der Waals surface area contributed by atoms with Crippen molar-refractivity contribution in [2.75, 3.05) is 6.61 Å². The Morgan fingerprint density at radius 3 is 3.18 bits per heavy atom. The molecule has 0 aliphatic heterocycles. The van der Waals surface area contributed by atoms with Gasteiger partial charge in [-0.3, -0.25) is 0 Å². The molecule has 1 heterocycles. The van der Waals surface area contributed by atoms with Crippen molar-refractivity contribution in [2.45, 2.75) is 13.8 Å². The zero-order valence-electron chi connectivity index (χ0n) is 8.83. The molecular weight excluding hydrogens is 148 g/mol. The zero-order chi connectivity index (χ0) is 10.8. The summed E-state index contributed by atoms with van der Waals surface area (Å²) in [4.78, 5) is 11.0. The summed E-state index contributed by atoms with van der Waals surface area (Å²) in [6.45, 7) is -0.735. The van der Waals surface area contributed by atoms with Gasteiger partial charge in [-0.2, -0.15) is 0 Å². The van der Waals surface area contributed by atoms with Gasteiger partial charge >= 0.3 is 11.9 Å². The third kappa shape index (κ3) is 1.76. The highest BCUT2D eigenvalue weighted by Gasteiger charge is 2.13. The van der Waals surface area contributed by atoms with E-state index in [9.17, 15) is 4.79 Å². The van der Waals surface area contributed by atoms with Crippen LogP contribution in [-0.4, -0.2) is 22.8 Å². The summed E-state index contributed by atoms with van der Waals surface area (Å²) in [5, 5.41) is 6.46. The molecule has 0 saturated carbocycles. The van der Waals surface area contributed by atoms with Crippen molar-refractivity contribution in [3.8, 4) is 0 Å². The Bertz CT molecular complexity index is 333. The summed E-state index contributed by atoms with van der Waals surface area (Å²) in [6.07, 6.45) is 0. The van der Waals surface area contributed by atoms with Crippen LogP contribution in [0.3, 0.4) is 0 Å². The third-order valence-corrected chi connectivity index (χ3v) is 0.875. The quantitative estimate of drug-likeness (QED) is 0.589. The summed E-state index contributed by atoms with van der Waals surface area (Å²) >= 11 is 0. The number of rotatable bonds is 2. The fourth-order valence-electron chi connectivity index (χ4n) is 0.499. The van der Waals surface area contributed by atoms with Crippen LogP contribution < -0.4 is 0 Å². The number of carbonyl (C=O) groups excluding carboxylic acids is 1. The first-order valence-corrected chi connectivity index (χ1v) is 2.96. The molecule has 0 radical (unpaired) electrons. The molecule has 5 heteroatoms. The molecule has 0 unspecified atom stereocenters. The topological polar surface area (TPSA) is 65.2 Å². The first-order chi connectivity index (χ1) is 6.45. The Hall–Kier alpha value is -1.39. The number of aromatic nitrogens is 2. The molecule has 0 aliphatic carbocycles. The van der Waals surface area contributed by atoms with Gasteiger partial charge in [0.25, 0.3) is 0 Å². The number of aryl methyl sites for hydroxylation is 1. The van der Waals surface area contributed by atoms with Crippen molar-refractivity contribution in [1.29, 1.82) is 0 Å². The summed E-state index contributed by atoms with van der Waals surface area (Å²) < 4.78 is 29.9. The smallest absolute Gasteiger partial charge is 0.396 e. The molecule has 0 fully saturated rings. The van der Waals surface area contributed by atoms with Crippen LogP contribution in [0.2, 0.25) is 0 Å². The third-order valence-electron chi connectivity index (χ3n) is 0.875. The van der Waals surface area contributed by atoms with Crippen LogP contribution in [0.15, 0.2) is 4.42 Å². The lowest BCUT2D eigenvalue weighted by molar-refractivity contribution is 0.0479. The van der Waals surface area contributed by atoms with Gasteiger partial charge in [-0.25, -0.2) is 4.79 Å². The second-order valence-corrected chi connectivity index (χ2v) is 1.63. The van der Waals surface area contributed by atoms with Gasteiger partial charge < -0.3 is 9.15 Å². The second-order valence-electron chi connectivity index (χ2n) is 1.63. The summed E-state index contributed by atoms with van der Waals surface area (Å²) in [5.41, 5.74) is 0. The maximum atomic E-state index is 11.0. The van der Waals surface area contributed by atoms with E-state index < -0.39 is 24.6 Å². The Labute approximate surface area is 67.6 Å². The lowest BCUT2D eigenvalue weighted by Gasteiger charge is -1.93. The summed E-state index contributed by atoms with van der Waals surface area (Å²) in [5.74, 6) is -1.84. The average Bonchev–Trinajstić information content (AvgIpc) is 2.51.